The van der Waals surface area contributed by atoms with Gasteiger partial charge in [-0.25, -0.2) is 4.98 Å². The Bertz CT molecular complexity index is 1010. The van der Waals surface area contributed by atoms with Crippen molar-refractivity contribution in [3.05, 3.63) is 36.1 Å². The van der Waals surface area contributed by atoms with Gasteiger partial charge in [0.05, 0.1) is 0 Å². The van der Waals surface area contributed by atoms with E-state index in [0.717, 1.165) is 38.5 Å². The van der Waals surface area contributed by atoms with Crippen LogP contribution in [0.4, 0.5) is 5.82 Å². The molecule has 2 N–H and O–H groups in total. The number of aromatic nitrogens is 3. The summed E-state index contributed by atoms with van der Waals surface area (Å²) in [6.45, 7) is 2.59. The van der Waals surface area contributed by atoms with Gasteiger partial charge in [0.15, 0.2) is 5.82 Å². The molecule has 2 aromatic rings. The van der Waals surface area contributed by atoms with Gasteiger partial charge in [0.2, 0.25) is 23.6 Å². The molecule has 1 saturated heterocycles. The van der Waals surface area contributed by atoms with Crippen molar-refractivity contribution in [3.63, 3.8) is 0 Å². The van der Waals surface area contributed by atoms with E-state index in [1.54, 1.807) is 23.2 Å². The monoisotopic (exact) mass is 482 g/mol. The number of anilines is 1. The fraction of sp³-hybridized carbons (Fsp3) is 0.600. The van der Waals surface area contributed by atoms with Crippen LogP contribution in [-0.4, -0.2) is 50.8 Å². The van der Waals surface area contributed by atoms with Crippen LogP contribution in [0.3, 0.4) is 0 Å². The molecule has 0 aromatic carbocycles. The molecule has 1 aliphatic carbocycles. The minimum absolute atomic E-state index is 0.0133. The van der Waals surface area contributed by atoms with Crippen LogP contribution in [0.25, 0.3) is 0 Å². The maximum Gasteiger partial charge on any atom is 0.228 e. The first-order chi connectivity index (χ1) is 16.9. The van der Waals surface area contributed by atoms with E-state index in [-0.39, 0.29) is 30.1 Å². The van der Waals surface area contributed by atoms with E-state index in [1.165, 1.54) is 6.92 Å². The maximum atomic E-state index is 12.8. The van der Waals surface area contributed by atoms with Crippen molar-refractivity contribution < 1.29 is 18.9 Å². The third-order valence-electron chi connectivity index (χ3n) is 6.96. The highest BCUT2D eigenvalue weighted by molar-refractivity contribution is 5.91. The maximum absolute atomic E-state index is 12.8. The topological polar surface area (TPSA) is 130 Å². The number of nitrogens with zero attached hydrogens (tertiary/aromatic N) is 4. The fourth-order valence-electron chi connectivity index (χ4n) is 5.05. The number of carbonyl (C=O) groups is 3. The second-order valence-electron chi connectivity index (χ2n) is 9.55. The van der Waals surface area contributed by atoms with Crippen molar-refractivity contribution in [1.82, 2.24) is 25.3 Å². The van der Waals surface area contributed by atoms with Gasteiger partial charge in [0, 0.05) is 45.0 Å². The van der Waals surface area contributed by atoms with Crippen LogP contribution in [0.2, 0.25) is 0 Å². The molecule has 2 aromatic heterocycles. The first-order valence-electron chi connectivity index (χ1n) is 12.6. The van der Waals surface area contributed by atoms with Crippen molar-refractivity contribution >= 4 is 23.5 Å². The van der Waals surface area contributed by atoms with Gasteiger partial charge in [0.25, 0.3) is 0 Å². The molecule has 0 spiro atoms. The first kappa shape index (κ1) is 24.8. The molecule has 10 nitrogen and oxygen atoms in total. The number of pyridine rings is 1. The highest BCUT2D eigenvalue weighted by Crippen LogP contribution is 2.34. The van der Waals surface area contributed by atoms with Crippen LogP contribution < -0.4 is 10.6 Å². The molecule has 2 fully saturated rings. The predicted octanol–water partition coefficient (Wildman–Crippen LogP) is 2.96. The number of hydrogen-bond donors (Lipinski definition) is 2. The summed E-state index contributed by atoms with van der Waals surface area (Å²) in [4.78, 5) is 47.6. The van der Waals surface area contributed by atoms with Gasteiger partial charge < -0.3 is 20.1 Å². The first-order valence-corrected chi connectivity index (χ1v) is 12.6. The second-order valence-corrected chi connectivity index (χ2v) is 9.55. The third-order valence-corrected chi connectivity index (χ3v) is 6.96. The van der Waals surface area contributed by atoms with Crippen LogP contribution >= 0.6 is 0 Å². The predicted molar refractivity (Wildman–Crippen MR) is 128 cm³/mol. The van der Waals surface area contributed by atoms with E-state index in [1.807, 2.05) is 6.07 Å². The number of aryl methyl sites for hydroxylation is 1. The zero-order chi connectivity index (χ0) is 24.7. The molecule has 1 saturated carbocycles. The molecular formula is C25H34N6O4. The van der Waals surface area contributed by atoms with Crippen LogP contribution in [0.5, 0.6) is 0 Å². The minimum Gasteiger partial charge on any atom is -0.343 e. The minimum atomic E-state index is -0.591. The Balaban J connectivity index is 1.27. The molecule has 1 aliphatic heterocycles. The van der Waals surface area contributed by atoms with E-state index >= 15 is 0 Å². The van der Waals surface area contributed by atoms with Gasteiger partial charge >= 0.3 is 0 Å². The van der Waals surface area contributed by atoms with Crippen LogP contribution in [0, 0.1) is 5.92 Å². The summed E-state index contributed by atoms with van der Waals surface area (Å²) in [5.41, 5.74) is -0.591. The number of amides is 3. The molecule has 3 amide bonds. The molecule has 4 rings (SSSR count). The lowest BCUT2D eigenvalue weighted by Crippen LogP contribution is -2.45. The normalized spacial score (nSPS) is 18.5. The van der Waals surface area contributed by atoms with E-state index in [4.69, 9.17) is 4.52 Å². The van der Waals surface area contributed by atoms with Gasteiger partial charge in [0.1, 0.15) is 11.4 Å². The van der Waals surface area contributed by atoms with Crippen LogP contribution in [0.1, 0.15) is 76.4 Å². The lowest BCUT2D eigenvalue weighted by Gasteiger charge is -2.31. The number of likely N-dealkylation sites (tertiary alicyclic amines) is 1. The van der Waals surface area contributed by atoms with E-state index < -0.39 is 5.54 Å². The Kier molecular flexibility index (Phi) is 8.09. The standard InChI is InChI=1S/C25H34N6O4/c1-18(32)29-25(13-5-2-3-6-14-25)24-28-21(35-30-24)9-10-22(33)31-16-11-19(12-17-31)23(34)27-20-8-4-7-15-26-20/h4,7-8,15,19H,2-3,5-6,9-14,16-17H2,1H3,(H,29,32)(H,26,27,34). The smallest absolute Gasteiger partial charge is 0.228 e. The molecule has 0 bridgehead atoms. The number of piperidine rings is 1. The average molecular weight is 483 g/mol. The molecule has 0 atom stereocenters. The molecule has 188 valence electrons. The zero-order valence-corrected chi connectivity index (χ0v) is 20.3. The Morgan fingerprint density at radius 3 is 2.51 bits per heavy atom. The van der Waals surface area contributed by atoms with E-state index in [0.29, 0.717) is 49.9 Å². The highest BCUT2D eigenvalue weighted by atomic mass is 16.5. The zero-order valence-electron chi connectivity index (χ0n) is 20.3. The molecule has 2 aliphatic rings. The molecule has 3 heterocycles. The molecule has 10 heteroatoms. The van der Waals surface area contributed by atoms with Gasteiger partial charge in [-0.3, -0.25) is 14.4 Å². The van der Waals surface area contributed by atoms with Gasteiger partial charge in [-0.2, -0.15) is 4.98 Å². The lowest BCUT2D eigenvalue weighted by molar-refractivity contribution is -0.134. The largest absolute Gasteiger partial charge is 0.343 e. The summed E-state index contributed by atoms with van der Waals surface area (Å²) < 4.78 is 5.47. The average Bonchev–Trinajstić information content (AvgIpc) is 3.23. The van der Waals surface area contributed by atoms with Crippen molar-refractivity contribution in [3.8, 4) is 0 Å². The van der Waals surface area contributed by atoms with E-state index in [2.05, 4.69) is 25.8 Å². The Labute approximate surface area is 205 Å². The Morgan fingerprint density at radius 1 is 1.11 bits per heavy atom. The SMILES string of the molecule is CC(=O)NC1(c2noc(CCC(=O)N3CCC(C(=O)Nc4ccccn4)CC3)n2)CCCCCC1. The van der Waals surface area contributed by atoms with E-state index in [9.17, 15) is 14.4 Å². The quantitative estimate of drug-likeness (QED) is 0.580. The molecule has 0 unspecified atom stereocenters. The van der Waals surface area contributed by atoms with Crippen molar-refractivity contribution in [2.75, 3.05) is 18.4 Å². The lowest BCUT2D eigenvalue weighted by atomic mass is 9.89. The number of rotatable bonds is 7. The number of carbonyl (C=O) groups excluding carboxylic acids is 3. The van der Waals surface area contributed by atoms with Gasteiger partial charge in [-0.1, -0.05) is 36.9 Å². The van der Waals surface area contributed by atoms with Crippen molar-refractivity contribution in [1.29, 1.82) is 0 Å². The fourth-order valence-corrected chi connectivity index (χ4v) is 5.05. The molecule has 35 heavy (non-hydrogen) atoms. The molecular weight excluding hydrogens is 448 g/mol. The third kappa shape index (κ3) is 6.43. The summed E-state index contributed by atoms with van der Waals surface area (Å²) in [6, 6.07) is 5.38. The van der Waals surface area contributed by atoms with Gasteiger partial charge in [-0.15, -0.1) is 0 Å². The second kappa shape index (κ2) is 11.4. The summed E-state index contributed by atoms with van der Waals surface area (Å²) in [7, 11) is 0. The summed E-state index contributed by atoms with van der Waals surface area (Å²) in [6.07, 6.45) is 9.31. The van der Waals surface area contributed by atoms with Crippen LogP contribution in [-0.2, 0) is 26.3 Å². The Hall–Kier alpha value is -3.30. The Morgan fingerprint density at radius 2 is 1.86 bits per heavy atom. The summed E-state index contributed by atoms with van der Waals surface area (Å²) in [5.74, 6) is 1.18. The van der Waals surface area contributed by atoms with Crippen molar-refractivity contribution in [2.24, 2.45) is 5.92 Å². The molecule has 0 radical (unpaired) electrons. The highest BCUT2D eigenvalue weighted by Gasteiger charge is 2.38. The van der Waals surface area contributed by atoms with Crippen LogP contribution in [0.15, 0.2) is 28.9 Å². The number of nitrogens with one attached hydrogen (secondary N) is 2. The van der Waals surface area contributed by atoms with Crippen molar-refractivity contribution in [2.45, 2.75) is 76.7 Å². The summed E-state index contributed by atoms with van der Waals surface area (Å²) in [5, 5.41) is 10.1. The van der Waals surface area contributed by atoms with Gasteiger partial charge in [-0.05, 0) is 37.8 Å². The summed E-state index contributed by atoms with van der Waals surface area (Å²) >= 11 is 0. The number of hydrogen-bond acceptors (Lipinski definition) is 7.